The molecule has 1 aliphatic carbocycles. The second kappa shape index (κ2) is 9.40. The number of H-pyrrole nitrogens is 1. The van der Waals surface area contributed by atoms with E-state index in [1.807, 2.05) is 26.0 Å². The molecule has 1 aliphatic rings. The van der Waals surface area contributed by atoms with Gasteiger partial charge in [-0.2, -0.15) is 13.2 Å². The van der Waals surface area contributed by atoms with Crippen molar-refractivity contribution in [3.05, 3.63) is 35.7 Å². The van der Waals surface area contributed by atoms with Gasteiger partial charge in [-0.1, -0.05) is 6.92 Å². The minimum Gasteiger partial charge on any atom is -0.396 e. The van der Waals surface area contributed by atoms with Gasteiger partial charge >= 0.3 is 6.18 Å². The number of nitrogens with one attached hydrogen (secondary N) is 3. The fraction of sp³-hybridized carbons (Fsp3) is 0.478. The molecular weight excluding hydrogens is 451 g/mol. The van der Waals surface area contributed by atoms with E-state index in [0.29, 0.717) is 23.2 Å². The van der Waals surface area contributed by atoms with Crippen LogP contribution in [0.1, 0.15) is 24.5 Å². The Kier molecular flexibility index (Phi) is 6.70. The first-order valence-electron chi connectivity index (χ1n) is 11.1. The van der Waals surface area contributed by atoms with Crippen molar-refractivity contribution in [3.63, 3.8) is 0 Å². The summed E-state index contributed by atoms with van der Waals surface area (Å²) < 4.78 is 38.8. The lowest BCUT2D eigenvalue weighted by molar-refractivity contribution is -0.115. The fourth-order valence-corrected chi connectivity index (χ4v) is 4.67. The molecule has 184 valence electrons. The maximum absolute atomic E-state index is 12.9. The van der Waals surface area contributed by atoms with Gasteiger partial charge in [-0.3, -0.25) is 4.98 Å². The summed E-state index contributed by atoms with van der Waals surface area (Å²) >= 11 is 0. The number of anilines is 2. The minimum absolute atomic E-state index is 0.105. The van der Waals surface area contributed by atoms with Crippen molar-refractivity contribution in [3.8, 4) is 11.3 Å². The molecule has 3 aromatic rings. The molecule has 4 atom stereocenters. The van der Waals surface area contributed by atoms with Gasteiger partial charge in [0.25, 0.3) is 0 Å². The molecule has 0 bridgehead atoms. The molecule has 4 rings (SSSR count). The van der Waals surface area contributed by atoms with Crippen LogP contribution in [0.3, 0.4) is 0 Å². The molecule has 4 unspecified atom stereocenters. The lowest BCUT2D eigenvalue weighted by atomic mass is 9.98. The number of halogens is 3. The van der Waals surface area contributed by atoms with Crippen LogP contribution in [-0.2, 0) is 6.42 Å². The Balaban J connectivity index is 1.82. The summed E-state index contributed by atoms with van der Waals surface area (Å²) in [6, 6.07) is 3.10. The van der Waals surface area contributed by atoms with Gasteiger partial charge in [0.1, 0.15) is 24.3 Å². The molecule has 34 heavy (non-hydrogen) atoms. The van der Waals surface area contributed by atoms with E-state index in [9.17, 15) is 28.5 Å². The summed E-state index contributed by atoms with van der Waals surface area (Å²) in [4.78, 5) is 11.9. The summed E-state index contributed by atoms with van der Waals surface area (Å²) in [6.45, 7) is 2.14. The van der Waals surface area contributed by atoms with E-state index < -0.39 is 36.9 Å². The lowest BCUT2D eigenvalue weighted by Crippen LogP contribution is -2.36. The quantitative estimate of drug-likeness (QED) is 0.308. The highest BCUT2D eigenvalue weighted by molar-refractivity contribution is 5.89. The van der Waals surface area contributed by atoms with Crippen LogP contribution in [0, 0.1) is 12.8 Å². The minimum atomic E-state index is -4.42. The SMILES string of the molecule is CCc1c(NCC(F)(F)F)nc(NC2CC(CO)C(O)C2O)c(-c2cc3ccncc3[nH]2)c1C. The van der Waals surface area contributed by atoms with Crippen LogP contribution >= 0.6 is 0 Å². The van der Waals surface area contributed by atoms with Crippen LogP contribution in [0.15, 0.2) is 24.5 Å². The van der Waals surface area contributed by atoms with Crippen molar-refractivity contribution in [1.29, 1.82) is 0 Å². The van der Waals surface area contributed by atoms with Crippen LogP contribution in [0.4, 0.5) is 24.8 Å². The lowest BCUT2D eigenvalue weighted by Gasteiger charge is -2.24. The van der Waals surface area contributed by atoms with E-state index in [1.54, 1.807) is 12.4 Å². The van der Waals surface area contributed by atoms with E-state index in [2.05, 4.69) is 25.6 Å². The van der Waals surface area contributed by atoms with Gasteiger partial charge in [-0.15, -0.1) is 0 Å². The van der Waals surface area contributed by atoms with Crippen molar-refractivity contribution in [2.24, 2.45) is 5.92 Å². The van der Waals surface area contributed by atoms with E-state index in [4.69, 9.17) is 0 Å². The fourth-order valence-electron chi connectivity index (χ4n) is 4.67. The third-order valence-electron chi connectivity index (χ3n) is 6.44. The molecule has 6 N–H and O–H groups in total. The zero-order valence-electron chi connectivity index (χ0n) is 18.8. The number of aliphatic hydroxyl groups is 3. The number of hydrogen-bond donors (Lipinski definition) is 6. The number of hydrogen-bond acceptors (Lipinski definition) is 7. The second-order valence-electron chi connectivity index (χ2n) is 8.67. The Morgan fingerprint density at radius 1 is 1.21 bits per heavy atom. The third-order valence-corrected chi connectivity index (χ3v) is 6.44. The van der Waals surface area contributed by atoms with Crippen LogP contribution in [-0.4, -0.2) is 67.8 Å². The molecule has 3 aromatic heterocycles. The Morgan fingerprint density at radius 3 is 2.59 bits per heavy atom. The number of alkyl halides is 3. The van der Waals surface area contributed by atoms with Crippen molar-refractivity contribution >= 4 is 22.5 Å². The Morgan fingerprint density at radius 2 is 1.97 bits per heavy atom. The van der Waals surface area contributed by atoms with Gasteiger partial charge in [0.15, 0.2) is 0 Å². The van der Waals surface area contributed by atoms with Crippen LogP contribution in [0.5, 0.6) is 0 Å². The first-order valence-corrected chi connectivity index (χ1v) is 11.1. The third kappa shape index (κ3) is 4.68. The monoisotopic (exact) mass is 479 g/mol. The van der Waals surface area contributed by atoms with Crippen molar-refractivity contribution in [2.75, 3.05) is 23.8 Å². The van der Waals surface area contributed by atoms with Crippen LogP contribution < -0.4 is 10.6 Å². The van der Waals surface area contributed by atoms with Gasteiger partial charge in [-0.25, -0.2) is 4.98 Å². The molecule has 1 saturated carbocycles. The number of aromatic nitrogens is 3. The predicted octanol–water partition coefficient (Wildman–Crippen LogP) is 2.98. The number of pyridine rings is 2. The maximum atomic E-state index is 12.9. The predicted molar refractivity (Wildman–Crippen MR) is 123 cm³/mol. The first-order chi connectivity index (χ1) is 16.1. The zero-order valence-corrected chi connectivity index (χ0v) is 18.8. The molecule has 0 spiro atoms. The largest absolute Gasteiger partial charge is 0.405 e. The Bertz CT molecular complexity index is 1130. The van der Waals surface area contributed by atoms with Gasteiger partial charge in [0.05, 0.1) is 29.6 Å². The molecule has 3 heterocycles. The summed E-state index contributed by atoms with van der Waals surface area (Å²) in [5.74, 6) is -0.143. The highest BCUT2D eigenvalue weighted by Crippen LogP contribution is 2.39. The summed E-state index contributed by atoms with van der Waals surface area (Å²) in [7, 11) is 0. The summed E-state index contributed by atoms with van der Waals surface area (Å²) in [5.41, 5.74) is 3.51. The molecule has 1 fully saturated rings. The number of aromatic amines is 1. The van der Waals surface area contributed by atoms with E-state index >= 15 is 0 Å². The highest BCUT2D eigenvalue weighted by Gasteiger charge is 2.41. The standard InChI is InChI=1S/C23H28F3N5O3/c1-3-14-11(2)18(15-6-12-4-5-27-8-17(12)29-15)22(31-21(14)28-10-23(24,25)26)30-16-7-13(9-32)19(33)20(16)34/h4-6,8,13,16,19-20,29,32-34H,3,7,9-10H2,1-2H3,(H2,28,30,31). The zero-order chi connectivity index (χ0) is 24.6. The molecule has 0 radical (unpaired) electrons. The van der Waals surface area contributed by atoms with Gasteiger partial charge in [0, 0.05) is 29.7 Å². The molecular formula is C23H28F3N5O3. The van der Waals surface area contributed by atoms with Crippen LogP contribution in [0.25, 0.3) is 22.2 Å². The first kappa shape index (κ1) is 24.2. The highest BCUT2D eigenvalue weighted by atomic mass is 19.4. The Hall–Kier alpha value is -2.89. The number of rotatable bonds is 7. The summed E-state index contributed by atoms with van der Waals surface area (Å²) in [6.07, 6.45) is -2.64. The second-order valence-corrected chi connectivity index (χ2v) is 8.67. The van der Waals surface area contributed by atoms with E-state index in [-0.39, 0.29) is 24.7 Å². The topological polar surface area (TPSA) is 126 Å². The molecule has 0 saturated heterocycles. The molecule has 0 aromatic carbocycles. The molecule has 0 aliphatic heterocycles. The average Bonchev–Trinajstić information content (AvgIpc) is 3.33. The van der Waals surface area contributed by atoms with Gasteiger partial charge < -0.3 is 30.9 Å². The summed E-state index contributed by atoms with van der Waals surface area (Å²) in [5, 5.41) is 36.7. The van der Waals surface area contributed by atoms with Gasteiger partial charge in [-0.05, 0) is 43.0 Å². The van der Waals surface area contributed by atoms with Gasteiger partial charge in [0.2, 0.25) is 0 Å². The Labute approximate surface area is 194 Å². The van der Waals surface area contributed by atoms with Crippen LogP contribution in [0.2, 0.25) is 0 Å². The normalized spacial score (nSPS) is 22.9. The van der Waals surface area contributed by atoms with Crippen molar-refractivity contribution in [1.82, 2.24) is 15.0 Å². The molecule has 0 amide bonds. The van der Waals surface area contributed by atoms with E-state index in [1.165, 1.54) is 0 Å². The average molecular weight is 480 g/mol. The molecule has 11 heteroatoms. The molecule has 8 nitrogen and oxygen atoms in total. The van der Waals surface area contributed by atoms with Crippen molar-refractivity contribution in [2.45, 2.75) is 51.1 Å². The number of aliphatic hydroxyl groups excluding tert-OH is 3. The van der Waals surface area contributed by atoms with E-state index in [0.717, 1.165) is 16.5 Å². The van der Waals surface area contributed by atoms with Crippen molar-refractivity contribution < 1.29 is 28.5 Å². The number of fused-ring (bicyclic) bond motifs is 1. The smallest absolute Gasteiger partial charge is 0.396 e. The number of nitrogens with zero attached hydrogens (tertiary/aromatic N) is 2. The maximum Gasteiger partial charge on any atom is 0.405 e.